The van der Waals surface area contributed by atoms with Crippen molar-refractivity contribution < 1.29 is 9.47 Å². The van der Waals surface area contributed by atoms with Crippen LogP contribution in [0, 0.1) is 20.8 Å². The van der Waals surface area contributed by atoms with Crippen LogP contribution in [-0.4, -0.2) is 21.1 Å². The van der Waals surface area contributed by atoms with Crippen molar-refractivity contribution in [1.29, 1.82) is 0 Å². The Bertz CT molecular complexity index is 1110. The van der Waals surface area contributed by atoms with Crippen molar-refractivity contribution in [3.8, 4) is 11.6 Å². The van der Waals surface area contributed by atoms with Crippen LogP contribution in [0.25, 0.3) is 11.0 Å². The summed E-state index contributed by atoms with van der Waals surface area (Å²) in [5.74, 6) is 2.22. The van der Waals surface area contributed by atoms with Gasteiger partial charge in [0.05, 0.1) is 18.7 Å². The molecule has 0 fully saturated rings. The number of nitrogens with zero attached hydrogens (tertiary/aromatic N) is 3. The first-order chi connectivity index (χ1) is 14.1. The van der Waals surface area contributed by atoms with Crippen LogP contribution >= 0.6 is 0 Å². The highest BCUT2D eigenvalue weighted by molar-refractivity contribution is 5.85. The summed E-state index contributed by atoms with van der Waals surface area (Å²) in [6.45, 7) is 8.04. The number of ether oxygens (including phenoxy) is 2. The van der Waals surface area contributed by atoms with Crippen LogP contribution < -0.4 is 4.74 Å². The van der Waals surface area contributed by atoms with E-state index in [9.17, 15) is 0 Å². The molecular formula is C24H25N3O2. The van der Waals surface area contributed by atoms with Gasteiger partial charge in [0.15, 0.2) is 5.52 Å². The molecule has 0 bridgehead atoms. The monoisotopic (exact) mass is 387 g/mol. The third-order valence-electron chi connectivity index (χ3n) is 5.06. The fraction of sp³-hybridized carbons (Fsp3) is 0.250. The minimum absolute atomic E-state index is 0.543. The normalized spacial score (nSPS) is 11.1. The van der Waals surface area contributed by atoms with Crippen molar-refractivity contribution in [2.24, 2.45) is 0 Å². The molecule has 0 aliphatic heterocycles. The van der Waals surface area contributed by atoms with Gasteiger partial charge in [-0.1, -0.05) is 48.5 Å². The quantitative estimate of drug-likeness (QED) is 0.400. The summed E-state index contributed by atoms with van der Waals surface area (Å²) in [6, 6.07) is 19.9. The van der Waals surface area contributed by atoms with Crippen LogP contribution in [0.1, 0.15) is 22.6 Å². The lowest BCUT2D eigenvalue weighted by Crippen LogP contribution is -2.09. The van der Waals surface area contributed by atoms with E-state index in [1.807, 2.05) is 62.4 Å². The SMILES string of the molecule is Cc1nc(Oc2ccccc2)c2nc(C)n(CCOCc3ccccc3)c2c1C. The molecule has 29 heavy (non-hydrogen) atoms. The number of benzene rings is 2. The van der Waals surface area contributed by atoms with E-state index in [1.54, 1.807) is 0 Å². The van der Waals surface area contributed by atoms with Crippen molar-refractivity contribution in [2.45, 2.75) is 33.9 Å². The molecule has 0 spiro atoms. The Morgan fingerprint density at radius 1 is 0.862 bits per heavy atom. The lowest BCUT2D eigenvalue weighted by molar-refractivity contribution is 0.113. The first-order valence-electron chi connectivity index (χ1n) is 9.82. The van der Waals surface area contributed by atoms with Crippen molar-refractivity contribution in [3.63, 3.8) is 0 Å². The van der Waals surface area contributed by atoms with Gasteiger partial charge in [0.2, 0.25) is 5.88 Å². The van der Waals surface area contributed by atoms with Gasteiger partial charge in [0, 0.05) is 12.2 Å². The fourth-order valence-corrected chi connectivity index (χ4v) is 3.42. The predicted octanol–water partition coefficient (Wildman–Crippen LogP) is 5.37. The van der Waals surface area contributed by atoms with Crippen molar-refractivity contribution >= 4 is 11.0 Å². The molecule has 0 unspecified atom stereocenters. The zero-order valence-corrected chi connectivity index (χ0v) is 17.1. The summed E-state index contributed by atoms with van der Waals surface area (Å²) in [5.41, 5.74) is 5.08. The average molecular weight is 387 g/mol. The Kier molecular flexibility index (Phi) is 5.58. The molecule has 0 amide bonds. The summed E-state index contributed by atoms with van der Waals surface area (Å²) in [7, 11) is 0. The van der Waals surface area contributed by atoms with Gasteiger partial charge in [-0.3, -0.25) is 0 Å². The van der Waals surface area contributed by atoms with E-state index in [0.29, 0.717) is 19.1 Å². The molecule has 148 valence electrons. The summed E-state index contributed by atoms with van der Waals surface area (Å²) in [6.07, 6.45) is 0. The molecule has 0 N–H and O–H groups in total. The topological polar surface area (TPSA) is 49.2 Å². The minimum atomic E-state index is 0.543. The number of aryl methyl sites for hydroxylation is 3. The van der Waals surface area contributed by atoms with Crippen LogP contribution in [0.3, 0.4) is 0 Å². The van der Waals surface area contributed by atoms with Gasteiger partial charge in [-0.2, -0.15) is 0 Å². The molecule has 0 aliphatic carbocycles. The van der Waals surface area contributed by atoms with Gasteiger partial charge in [-0.05, 0) is 44.0 Å². The Hall–Kier alpha value is -3.18. The molecule has 4 aromatic rings. The van der Waals surface area contributed by atoms with E-state index in [1.165, 1.54) is 5.56 Å². The van der Waals surface area contributed by atoms with Crippen LogP contribution in [0.5, 0.6) is 11.6 Å². The molecule has 5 heteroatoms. The van der Waals surface area contributed by atoms with Gasteiger partial charge in [-0.25, -0.2) is 9.97 Å². The number of pyridine rings is 1. The van der Waals surface area contributed by atoms with Crippen LogP contribution in [0.4, 0.5) is 0 Å². The molecular weight excluding hydrogens is 362 g/mol. The number of fused-ring (bicyclic) bond motifs is 1. The smallest absolute Gasteiger partial charge is 0.247 e. The van der Waals surface area contributed by atoms with E-state index >= 15 is 0 Å². The molecule has 0 saturated carbocycles. The zero-order valence-electron chi connectivity index (χ0n) is 17.1. The average Bonchev–Trinajstić information content (AvgIpc) is 3.07. The Morgan fingerprint density at radius 3 is 2.28 bits per heavy atom. The molecule has 5 nitrogen and oxygen atoms in total. The maximum absolute atomic E-state index is 6.06. The number of hydrogen-bond acceptors (Lipinski definition) is 4. The van der Waals surface area contributed by atoms with Crippen molar-refractivity contribution in [1.82, 2.24) is 14.5 Å². The third kappa shape index (κ3) is 4.15. The van der Waals surface area contributed by atoms with Gasteiger partial charge in [0.25, 0.3) is 0 Å². The van der Waals surface area contributed by atoms with E-state index in [-0.39, 0.29) is 0 Å². The minimum Gasteiger partial charge on any atom is -0.437 e. The van der Waals surface area contributed by atoms with Crippen LogP contribution in [-0.2, 0) is 17.9 Å². The van der Waals surface area contributed by atoms with Crippen LogP contribution in [0.15, 0.2) is 60.7 Å². The zero-order chi connectivity index (χ0) is 20.2. The Balaban J connectivity index is 1.58. The fourth-order valence-electron chi connectivity index (χ4n) is 3.42. The molecule has 0 aliphatic rings. The molecule has 0 radical (unpaired) electrons. The number of imidazole rings is 1. The maximum Gasteiger partial charge on any atom is 0.247 e. The highest BCUT2D eigenvalue weighted by atomic mass is 16.5. The first-order valence-corrected chi connectivity index (χ1v) is 9.82. The van der Waals surface area contributed by atoms with Gasteiger partial charge in [-0.15, -0.1) is 0 Å². The van der Waals surface area contributed by atoms with Crippen molar-refractivity contribution in [3.05, 3.63) is 83.3 Å². The highest BCUT2D eigenvalue weighted by Crippen LogP contribution is 2.31. The molecule has 0 saturated heterocycles. The Morgan fingerprint density at radius 2 is 1.55 bits per heavy atom. The van der Waals surface area contributed by atoms with E-state index in [2.05, 4.69) is 28.6 Å². The number of rotatable bonds is 7. The lowest BCUT2D eigenvalue weighted by Gasteiger charge is -2.12. The number of aromatic nitrogens is 3. The van der Waals surface area contributed by atoms with E-state index < -0.39 is 0 Å². The second-order valence-electron chi connectivity index (χ2n) is 7.09. The molecule has 2 heterocycles. The first kappa shape index (κ1) is 19.2. The molecule has 0 atom stereocenters. The number of hydrogen-bond donors (Lipinski definition) is 0. The summed E-state index contributed by atoms with van der Waals surface area (Å²) in [4.78, 5) is 9.43. The Labute approximate surface area is 171 Å². The lowest BCUT2D eigenvalue weighted by atomic mass is 10.2. The van der Waals surface area contributed by atoms with E-state index in [0.717, 1.165) is 40.4 Å². The molecule has 2 aromatic carbocycles. The number of para-hydroxylation sites is 1. The largest absolute Gasteiger partial charge is 0.437 e. The standard InChI is InChI=1S/C24H25N3O2/c1-17-18(2)25-24(29-21-12-8-5-9-13-21)22-23(17)27(19(3)26-22)14-15-28-16-20-10-6-4-7-11-20/h4-13H,14-16H2,1-3H3. The molecule has 2 aromatic heterocycles. The molecule has 4 rings (SSSR count). The van der Waals surface area contributed by atoms with Crippen LogP contribution in [0.2, 0.25) is 0 Å². The maximum atomic E-state index is 6.06. The second-order valence-corrected chi connectivity index (χ2v) is 7.09. The third-order valence-corrected chi connectivity index (χ3v) is 5.06. The van der Waals surface area contributed by atoms with Crippen molar-refractivity contribution in [2.75, 3.05) is 6.61 Å². The highest BCUT2D eigenvalue weighted by Gasteiger charge is 2.18. The summed E-state index contributed by atoms with van der Waals surface area (Å²) in [5, 5.41) is 0. The van der Waals surface area contributed by atoms with E-state index in [4.69, 9.17) is 14.5 Å². The van der Waals surface area contributed by atoms with Gasteiger partial charge >= 0.3 is 0 Å². The van der Waals surface area contributed by atoms with Gasteiger partial charge in [0.1, 0.15) is 11.6 Å². The summed E-state index contributed by atoms with van der Waals surface area (Å²) >= 11 is 0. The summed E-state index contributed by atoms with van der Waals surface area (Å²) < 4.78 is 14.2. The van der Waals surface area contributed by atoms with Gasteiger partial charge < -0.3 is 14.0 Å². The predicted molar refractivity (Wildman–Crippen MR) is 114 cm³/mol. The second kappa shape index (κ2) is 8.45.